The number of nitrogens with two attached hydrogens (primary N) is 1. The molecule has 92 valence electrons. The molecule has 0 aliphatic carbocycles. The molecule has 7 nitrogen and oxygen atoms in total. The molecule has 0 aromatic carbocycles. The van der Waals surface area contributed by atoms with Gasteiger partial charge in [-0.1, -0.05) is 0 Å². The fraction of sp³-hybridized carbons (Fsp3) is 0.400. The summed E-state index contributed by atoms with van der Waals surface area (Å²) in [7, 11) is 0. The number of rotatable bonds is 5. The van der Waals surface area contributed by atoms with E-state index >= 15 is 0 Å². The normalized spacial score (nSPS) is 10.9. The van der Waals surface area contributed by atoms with Crippen LogP contribution in [0.5, 0.6) is 0 Å². The fourth-order valence-electron chi connectivity index (χ4n) is 1.72. The van der Waals surface area contributed by atoms with Crippen LogP contribution in [-0.2, 0) is 0 Å². The van der Waals surface area contributed by atoms with Crippen LogP contribution in [0.25, 0.3) is 5.65 Å². The first kappa shape index (κ1) is 11.6. The second-order valence-electron chi connectivity index (χ2n) is 3.57. The number of hydrogen-bond acceptors (Lipinski definition) is 6. The molecule has 2 rings (SSSR count). The minimum atomic E-state index is 0.000562. The van der Waals surface area contributed by atoms with Crippen molar-refractivity contribution in [2.45, 2.75) is 0 Å². The maximum absolute atomic E-state index is 9.01. The van der Waals surface area contributed by atoms with Crippen molar-refractivity contribution in [2.24, 2.45) is 0 Å². The van der Waals surface area contributed by atoms with Crippen molar-refractivity contribution < 1.29 is 10.2 Å². The maximum Gasteiger partial charge on any atom is 0.180 e. The van der Waals surface area contributed by atoms with Crippen LogP contribution in [-0.4, -0.2) is 51.1 Å². The van der Waals surface area contributed by atoms with Crippen LogP contribution < -0.4 is 10.6 Å². The third-order valence-corrected chi connectivity index (χ3v) is 2.47. The number of nitrogen functional groups attached to an aromatic ring is 1. The average molecular weight is 237 g/mol. The number of anilines is 2. The Bertz CT molecular complexity index is 492. The van der Waals surface area contributed by atoms with Gasteiger partial charge in [0.25, 0.3) is 0 Å². The molecule has 4 N–H and O–H groups in total. The van der Waals surface area contributed by atoms with E-state index in [9.17, 15) is 0 Å². The summed E-state index contributed by atoms with van der Waals surface area (Å²) in [5.41, 5.74) is 6.80. The van der Waals surface area contributed by atoms with Gasteiger partial charge in [-0.25, -0.2) is 4.98 Å². The Morgan fingerprint density at radius 3 is 2.65 bits per heavy atom. The second kappa shape index (κ2) is 4.98. The minimum absolute atomic E-state index is 0.000562. The summed E-state index contributed by atoms with van der Waals surface area (Å²) in [6.07, 6.45) is 3.16. The van der Waals surface area contributed by atoms with Crippen molar-refractivity contribution in [1.29, 1.82) is 0 Å². The fourth-order valence-corrected chi connectivity index (χ4v) is 1.72. The van der Waals surface area contributed by atoms with Gasteiger partial charge in [-0.3, -0.25) is 0 Å². The lowest BCUT2D eigenvalue weighted by molar-refractivity contribution is 0.280. The van der Waals surface area contributed by atoms with Gasteiger partial charge in [0.15, 0.2) is 5.65 Å². The van der Waals surface area contributed by atoms with Crippen LogP contribution in [0.15, 0.2) is 18.5 Å². The van der Waals surface area contributed by atoms with Crippen molar-refractivity contribution in [1.82, 2.24) is 14.6 Å². The zero-order valence-corrected chi connectivity index (χ0v) is 9.32. The zero-order valence-electron chi connectivity index (χ0n) is 9.32. The maximum atomic E-state index is 9.01. The Morgan fingerprint density at radius 1 is 1.29 bits per heavy atom. The number of aliphatic hydroxyl groups is 2. The van der Waals surface area contributed by atoms with Crippen LogP contribution in [0, 0.1) is 0 Å². The molecule has 0 saturated heterocycles. The predicted octanol–water partition coefficient (Wildman–Crippen LogP) is -0.897. The molecule has 2 aromatic heterocycles. The highest BCUT2D eigenvalue weighted by molar-refractivity contribution is 5.66. The molecular formula is C10H15N5O2. The first-order valence-corrected chi connectivity index (χ1v) is 5.33. The molecule has 0 fully saturated rings. The molecule has 0 unspecified atom stereocenters. The van der Waals surface area contributed by atoms with Crippen molar-refractivity contribution >= 4 is 17.2 Å². The molecule has 0 bridgehead atoms. The molecule has 0 amide bonds. The summed E-state index contributed by atoms with van der Waals surface area (Å²) in [5, 5.41) is 22.1. The van der Waals surface area contributed by atoms with E-state index < -0.39 is 0 Å². The number of fused-ring (bicyclic) bond motifs is 1. The van der Waals surface area contributed by atoms with Gasteiger partial charge >= 0.3 is 0 Å². The molecule has 0 saturated carbocycles. The average Bonchev–Trinajstić information content (AvgIpc) is 2.71. The van der Waals surface area contributed by atoms with Gasteiger partial charge < -0.3 is 20.8 Å². The molecular weight excluding hydrogens is 222 g/mol. The Balaban J connectivity index is 2.44. The molecule has 0 aliphatic heterocycles. The molecule has 0 spiro atoms. The molecule has 7 heteroatoms. The van der Waals surface area contributed by atoms with Crippen molar-refractivity contribution in [3.63, 3.8) is 0 Å². The molecule has 2 heterocycles. The van der Waals surface area contributed by atoms with E-state index in [1.54, 1.807) is 16.8 Å². The Kier molecular flexibility index (Phi) is 3.40. The Hall–Kier alpha value is -1.86. The highest BCUT2D eigenvalue weighted by Crippen LogP contribution is 2.18. The smallest absolute Gasteiger partial charge is 0.180 e. The first-order chi connectivity index (χ1) is 8.27. The highest BCUT2D eigenvalue weighted by atomic mass is 16.3. The summed E-state index contributed by atoms with van der Waals surface area (Å²) in [4.78, 5) is 5.95. The van der Waals surface area contributed by atoms with Gasteiger partial charge in [-0.15, -0.1) is 0 Å². The number of hydrogen-bond donors (Lipinski definition) is 3. The standard InChI is InChI=1S/C10H15N5O2/c11-8-7-13-15-9(1-2-12-10(8)15)14(3-5-16)4-6-17/h1-2,7,16-17H,3-6,11H2. The lowest BCUT2D eigenvalue weighted by Gasteiger charge is -2.22. The Morgan fingerprint density at radius 2 is 2.00 bits per heavy atom. The minimum Gasteiger partial charge on any atom is -0.395 e. The van der Waals surface area contributed by atoms with E-state index in [0.717, 1.165) is 5.82 Å². The number of aromatic nitrogens is 3. The van der Waals surface area contributed by atoms with Crippen LogP contribution in [0.2, 0.25) is 0 Å². The second-order valence-corrected chi connectivity index (χ2v) is 3.57. The lowest BCUT2D eigenvalue weighted by Crippen LogP contribution is -2.31. The summed E-state index contributed by atoms with van der Waals surface area (Å²) in [6, 6.07) is 1.77. The van der Waals surface area contributed by atoms with E-state index in [-0.39, 0.29) is 13.2 Å². The van der Waals surface area contributed by atoms with Crippen molar-refractivity contribution in [3.05, 3.63) is 18.5 Å². The Labute approximate surface area is 98.1 Å². The van der Waals surface area contributed by atoms with Crippen molar-refractivity contribution in [3.8, 4) is 0 Å². The molecule has 2 aromatic rings. The number of nitrogens with zero attached hydrogens (tertiary/aromatic N) is 4. The highest BCUT2D eigenvalue weighted by Gasteiger charge is 2.12. The van der Waals surface area contributed by atoms with Crippen molar-refractivity contribution in [2.75, 3.05) is 36.9 Å². The topological polar surface area (TPSA) is 99.9 Å². The van der Waals surface area contributed by atoms with Gasteiger partial charge in [-0.2, -0.15) is 9.61 Å². The molecule has 0 atom stereocenters. The van der Waals surface area contributed by atoms with Gasteiger partial charge in [0.2, 0.25) is 0 Å². The predicted molar refractivity (Wildman–Crippen MR) is 63.8 cm³/mol. The first-order valence-electron chi connectivity index (χ1n) is 5.33. The van der Waals surface area contributed by atoms with Crippen LogP contribution in [0.1, 0.15) is 0 Å². The van der Waals surface area contributed by atoms with E-state index in [1.807, 2.05) is 4.90 Å². The van der Waals surface area contributed by atoms with E-state index in [4.69, 9.17) is 15.9 Å². The number of aliphatic hydroxyl groups excluding tert-OH is 2. The van der Waals surface area contributed by atoms with Gasteiger partial charge in [0.05, 0.1) is 25.1 Å². The lowest BCUT2D eigenvalue weighted by atomic mass is 10.4. The van der Waals surface area contributed by atoms with Gasteiger partial charge in [0, 0.05) is 19.3 Å². The van der Waals surface area contributed by atoms with E-state index in [2.05, 4.69) is 10.1 Å². The largest absolute Gasteiger partial charge is 0.395 e. The third-order valence-electron chi connectivity index (χ3n) is 2.47. The monoisotopic (exact) mass is 237 g/mol. The molecule has 17 heavy (non-hydrogen) atoms. The summed E-state index contributed by atoms with van der Waals surface area (Å²) in [6.45, 7) is 0.833. The summed E-state index contributed by atoms with van der Waals surface area (Å²) >= 11 is 0. The third kappa shape index (κ3) is 2.15. The van der Waals surface area contributed by atoms with E-state index in [1.165, 1.54) is 6.20 Å². The molecule has 0 aliphatic rings. The van der Waals surface area contributed by atoms with Crippen LogP contribution in [0.3, 0.4) is 0 Å². The summed E-state index contributed by atoms with van der Waals surface area (Å²) in [5.74, 6) is 0.745. The van der Waals surface area contributed by atoms with Gasteiger partial charge in [-0.05, 0) is 6.07 Å². The quantitative estimate of drug-likeness (QED) is 0.623. The zero-order chi connectivity index (χ0) is 12.3. The van der Waals surface area contributed by atoms with Crippen LogP contribution >= 0.6 is 0 Å². The SMILES string of the molecule is Nc1cnn2c(N(CCO)CCO)ccnc12. The van der Waals surface area contributed by atoms with Crippen LogP contribution in [0.4, 0.5) is 11.5 Å². The van der Waals surface area contributed by atoms with E-state index in [0.29, 0.717) is 24.4 Å². The summed E-state index contributed by atoms with van der Waals surface area (Å²) < 4.78 is 1.60. The van der Waals surface area contributed by atoms with Gasteiger partial charge in [0.1, 0.15) is 5.82 Å². The molecule has 0 radical (unpaired) electrons.